The molecular formula is C16H26O4. The van der Waals surface area contributed by atoms with Crippen molar-refractivity contribution in [2.45, 2.75) is 45.1 Å². The number of hydrogen-bond donors (Lipinski definition) is 0. The Balaban J connectivity index is 1.50. The quantitative estimate of drug-likeness (QED) is 0.409. The third kappa shape index (κ3) is 5.25. The molecule has 1 fully saturated rings. The first kappa shape index (κ1) is 15.5. The topological polar surface area (TPSA) is 44.8 Å². The lowest BCUT2D eigenvalue weighted by Crippen LogP contribution is -2.22. The molecule has 4 nitrogen and oxygen atoms in total. The molecule has 1 aliphatic carbocycles. The van der Waals surface area contributed by atoms with Crippen molar-refractivity contribution in [2.75, 3.05) is 26.4 Å². The first-order chi connectivity index (χ1) is 9.75. The van der Waals surface area contributed by atoms with Crippen molar-refractivity contribution < 1.29 is 19.0 Å². The third-order valence-electron chi connectivity index (χ3n) is 4.15. The van der Waals surface area contributed by atoms with Crippen LogP contribution in [0.5, 0.6) is 0 Å². The van der Waals surface area contributed by atoms with Gasteiger partial charge in [0.15, 0.2) is 0 Å². The first-order valence-electron chi connectivity index (χ1n) is 7.75. The van der Waals surface area contributed by atoms with Crippen LogP contribution < -0.4 is 0 Å². The SMILES string of the molecule is CC1CC=CCC1COC(=O)CCOCC1CCCO1. The number of allylic oxidation sites excluding steroid dienone is 2. The lowest BCUT2D eigenvalue weighted by Gasteiger charge is -2.24. The molecule has 0 N–H and O–H groups in total. The molecule has 1 aliphatic heterocycles. The molecule has 1 saturated heterocycles. The summed E-state index contributed by atoms with van der Waals surface area (Å²) in [5, 5.41) is 0. The highest BCUT2D eigenvalue weighted by molar-refractivity contribution is 5.69. The van der Waals surface area contributed by atoms with Gasteiger partial charge in [-0.3, -0.25) is 4.79 Å². The highest BCUT2D eigenvalue weighted by atomic mass is 16.5. The monoisotopic (exact) mass is 282 g/mol. The highest BCUT2D eigenvalue weighted by Crippen LogP contribution is 2.25. The molecule has 0 aromatic carbocycles. The Kier molecular flexibility index (Phi) is 6.54. The van der Waals surface area contributed by atoms with E-state index in [1.165, 1.54) is 0 Å². The van der Waals surface area contributed by atoms with Crippen molar-refractivity contribution in [2.24, 2.45) is 11.8 Å². The van der Waals surface area contributed by atoms with Crippen molar-refractivity contribution in [1.82, 2.24) is 0 Å². The number of carbonyl (C=O) groups is 1. The fraction of sp³-hybridized carbons (Fsp3) is 0.812. The summed E-state index contributed by atoms with van der Waals surface area (Å²) >= 11 is 0. The van der Waals surface area contributed by atoms with Crippen molar-refractivity contribution in [3.05, 3.63) is 12.2 Å². The molecule has 20 heavy (non-hydrogen) atoms. The molecule has 0 radical (unpaired) electrons. The molecule has 0 aromatic rings. The number of rotatable bonds is 7. The van der Waals surface area contributed by atoms with Gasteiger partial charge in [0, 0.05) is 6.61 Å². The zero-order valence-electron chi connectivity index (χ0n) is 12.4. The van der Waals surface area contributed by atoms with Gasteiger partial charge in [0.05, 0.1) is 32.3 Å². The Morgan fingerprint density at radius 2 is 2.15 bits per heavy atom. The maximum absolute atomic E-state index is 11.6. The normalized spacial score (nSPS) is 29.6. The summed E-state index contributed by atoms with van der Waals surface area (Å²) in [5.41, 5.74) is 0. The van der Waals surface area contributed by atoms with Gasteiger partial charge in [-0.2, -0.15) is 0 Å². The number of ether oxygens (including phenoxy) is 3. The average molecular weight is 282 g/mol. The molecule has 0 amide bonds. The van der Waals surface area contributed by atoms with Gasteiger partial charge in [-0.1, -0.05) is 19.1 Å². The van der Waals surface area contributed by atoms with Gasteiger partial charge >= 0.3 is 5.97 Å². The fourth-order valence-electron chi connectivity index (χ4n) is 2.66. The van der Waals surface area contributed by atoms with Crippen molar-refractivity contribution in [1.29, 1.82) is 0 Å². The van der Waals surface area contributed by atoms with Gasteiger partial charge in [-0.25, -0.2) is 0 Å². The summed E-state index contributed by atoms with van der Waals surface area (Å²) in [6.45, 7) is 4.61. The molecule has 0 bridgehead atoms. The molecule has 0 spiro atoms. The van der Waals surface area contributed by atoms with Crippen LogP contribution in [0.2, 0.25) is 0 Å². The minimum atomic E-state index is -0.154. The lowest BCUT2D eigenvalue weighted by atomic mass is 9.85. The van der Waals surface area contributed by atoms with E-state index in [2.05, 4.69) is 19.1 Å². The highest BCUT2D eigenvalue weighted by Gasteiger charge is 2.20. The molecule has 1 heterocycles. The molecule has 0 aromatic heterocycles. The average Bonchev–Trinajstić information content (AvgIpc) is 2.96. The fourth-order valence-corrected chi connectivity index (χ4v) is 2.66. The van der Waals surface area contributed by atoms with Gasteiger partial charge in [0.1, 0.15) is 0 Å². The predicted octanol–water partition coefficient (Wildman–Crippen LogP) is 2.72. The molecule has 0 saturated carbocycles. The van der Waals surface area contributed by atoms with Crippen LogP contribution in [0.4, 0.5) is 0 Å². The van der Waals surface area contributed by atoms with Crippen LogP contribution in [0.1, 0.15) is 39.0 Å². The Labute approximate surface area is 121 Å². The zero-order valence-corrected chi connectivity index (χ0v) is 12.4. The Hall–Kier alpha value is -0.870. The second kappa shape index (κ2) is 8.42. The van der Waals surface area contributed by atoms with E-state index in [0.717, 1.165) is 32.3 Å². The number of hydrogen-bond acceptors (Lipinski definition) is 4. The molecule has 4 heteroatoms. The summed E-state index contributed by atoms with van der Waals surface area (Å²) in [7, 11) is 0. The maximum atomic E-state index is 11.6. The zero-order chi connectivity index (χ0) is 14.2. The van der Waals surface area contributed by atoms with E-state index in [1.807, 2.05) is 0 Å². The molecule has 3 atom stereocenters. The van der Waals surface area contributed by atoms with Crippen LogP contribution in [0.3, 0.4) is 0 Å². The van der Waals surface area contributed by atoms with Crippen LogP contribution >= 0.6 is 0 Å². The van der Waals surface area contributed by atoms with Gasteiger partial charge in [0.25, 0.3) is 0 Å². The maximum Gasteiger partial charge on any atom is 0.308 e. The van der Waals surface area contributed by atoms with Crippen LogP contribution in [0.25, 0.3) is 0 Å². The Morgan fingerprint density at radius 3 is 2.90 bits per heavy atom. The second-order valence-electron chi connectivity index (χ2n) is 5.82. The van der Waals surface area contributed by atoms with Gasteiger partial charge < -0.3 is 14.2 Å². The summed E-state index contributed by atoms with van der Waals surface area (Å²) < 4.78 is 16.3. The molecule has 114 valence electrons. The smallest absolute Gasteiger partial charge is 0.308 e. The van der Waals surface area contributed by atoms with Crippen molar-refractivity contribution in [3.8, 4) is 0 Å². The lowest BCUT2D eigenvalue weighted by molar-refractivity contribution is -0.147. The molecule has 2 aliphatic rings. The van der Waals surface area contributed by atoms with Crippen LogP contribution in [-0.2, 0) is 19.0 Å². The third-order valence-corrected chi connectivity index (χ3v) is 4.15. The number of esters is 1. The summed E-state index contributed by atoms with van der Waals surface area (Å²) in [6, 6.07) is 0. The number of carbonyl (C=O) groups excluding carboxylic acids is 1. The first-order valence-corrected chi connectivity index (χ1v) is 7.75. The van der Waals surface area contributed by atoms with Gasteiger partial charge in [0.2, 0.25) is 0 Å². The van der Waals surface area contributed by atoms with Crippen LogP contribution in [0, 0.1) is 11.8 Å². The van der Waals surface area contributed by atoms with E-state index >= 15 is 0 Å². The predicted molar refractivity (Wildman–Crippen MR) is 76.4 cm³/mol. The van der Waals surface area contributed by atoms with E-state index in [4.69, 9.17) is 14.2 Å². The van der Waals surface area contributed by atoms with E-state index in [-0.39, 0.29) is 12.1 Å². The molecule has 3 unspecified atom stereocenters. The van der Waals surface area contributed by atoms with E-state index in [0.29, 0.717) is 38.1 Å². The minimum absolute atomic E-state index is 0.154. The Bertz CT molecular complexity index is 320. The summed E-state index contributed by atoms with van der Waals surface area (Å²) in [5.74, 6) is 0.916. The van der Waals surface area contributed by atoms with Crippen LogP contribution in [0.15, 0.2) is 12.2 Å². The van der Waals surface area contributed by atoms with E-state index in [1.54, 1.807) is 0 Å². The van der Waals surface area contributed by atoms with Crippen molar-refractivity contribution >= 4 is 5.97 Å². The van der Waals surface area contributed by atoms with Gasteiger partial charge in [-0.15, -0.1) is 0 Å². The molecule has 2 rings (SSSR count). The Morgan fingerprint density at radius 1 is 1.30 bits per heavy atom. The summed E-state index contributed by atoms with van der Waals surface area (Å²) in [4.78, 5) is 11.6. The standard InChI is InChI=1S/C16H26O4/c1-13-5-2-3-6-14(13)11-20-16(17)8-10-18-12-15-7-4-9-19-15/h2-3,13-15H,4-12H2,1H3. The van der Waals surface area contributed by atoms with Crippen molar-refractivity contribution in [3.63, 3.8) is 0 Å². The minimum Gasteiger partial charge on any atom is -0.465 e. The molecular weight excluding hydrogens is 256 g/mol. The van der Waals surface area contributed by atoms with E-state index < -0.39 is 0 Å². The van der Waals surface area contributed by atoms with Gasteiger partial charge in [-0.05, 0) is 37.5 Å². The van der Waals surface area contributed by atoms with E-state index in [9.17, 15) is 4.79 Å². The second-order valence-corrected chi connectivity index (χ2v) is 5.82. The van der Waals surface area contributed by atoms with Crippen LogP contribution in [-0.4, -0.2) is 38.5 Å². The summed E-state index contributed by atoms with van der Waals surface area (Å²) in [6.07, 6.45) is 9.24. The largest absolute Gasteiger partial charge is 0.465 e.